The van der Waals surface area contributed by atoms with Crippen LogP contribution >= 0.6 is 10.5 Å². The molecule has 0 saturated carbocycles. The van der Waals surface area contributed by atoms with Gasteiger partial charge in [0.1, 0.15) is 17.0 Å². The van der Waals surface area contributed by atoms with Crippen LogP contribution in [0.15, 0.2) is 60.2 Å². The van der Waals surface area contributed by atoms with Gasteiger partial charge in [0, 0.05) is 41.4 Å². The fourth-order valence-corrected chi connectivity index (χ4v) is 4.32. The lowest BCUT2D eigenvalue weighted by Crippen LogP contribution is -2.30. The van der Waals surface area contributed by atoms with Crippen LogP contribution in [0.2, 0.25) is 0 Å². The van der Waals surface area contributed by atoms with Crippen LogP contribution < -0.4 is 10.0 Å². The van der Waals surface area contributed by atoms with Gasteiger partial charge in [0.2, 0.25) is 4.88 Å². The summed E-state index contributed by atoms with van der Waals surface area (Å²) < 4.78 is 0. The van der Waals surface area contributed by atoms with Gasteiger partial charge in [0.25, 0.3) is 5.91 Å². The Kier molecular flexibility index (Phi) is 4.63. The van der Waals surface area contributed by atoms with Crippen molar-refractivity contribution in [2.45, 2.75) is 6.92 Å². The molecule has 2 aromatic heterocycles. The Labute approximate surface area is 148 Å². The van der Waals surface area contributed by atoms with E-state index in [0.29, 0.717) is 11.3 Å². The minimum absolute atomic E-state index is 0.0935. The van der Waals surface area contributed by atoms with Gasteiger partial charge in [-0.25, -0.2) is 0 Å². The van der Waals surface area contributed by atoms with Gasteiger partial charge in [0.05, 0.1) is 6.20 Å². The predicted molar refractivity (Wildman–Crippen MR) is 96.3 cm³/mol. The number of hydrogen-bond donors (Lipinski definition) is 0. The zero-order valence-corrected chi connectivity index (χ0v) is 14.6. The minimum Gasteiger partial charge on any atom is -0.540 e. The number of benzene rings is 1. The second-order valence-corrected chi connectivity index (χ2v) is 7.39. The first-order chi connectivity index (χ1) is 12.0. The van der Waals surface area contributed by atoms with Gasteiger partial charge >= 0.3 is 0 Å². The summed E-state index contributed by atoms with van der Waals surface area (Å²) in [6, 6.07) is 12.4. The number of carbonyl (C=O) groups is 2. The van der Waals surface area contributed by atoms with E-state index in [-0.39, 0.29) is 10.8 Å². The Hall–Kier alpha value is -2.99. The molecule has 0 N–H and O–H groups in total. The van der Waals surface area contributed by atoms with Crippen LogP contribution in [0.25, 0.3) is 4.90 Å². The van der Waals surface area contributed by atoms with Crippen LogP contribution in [0.1, 0.15) is 25.6 Å². The Morgan fingerprint density at radius 2 is 1.84 bits per heavy atom. The number of rotatable bonds is 4. The largest absolute Gasteiger partial charge is 0.540 e. The molecule has 126 valence electrons. The number of carboxylic acid groups (broad SMARTS) is 1. The number of anilines is 1. The van der Waals surface area contributed by atoms with Gasteiger partial charge in [-0.15, -0.1) is 0 Å². The molecule has 1 aromatic carbocycles. The van der Waals surface area contributed by atoms with E-state index in [2.05, 4.69) is 4.98 Å². The number of carboxylic acids is 1. The predicted octanol–water partition coefficient (Wildman–Crippen LogP) is 2.77. The van der Waals surface area contributed by atoms with Crippen molar-refractivity contribution in [3.63, 3.8) is 0 Å². The van der Waals surface area contributed by atoms with Crippen molar-refractivity contribution in [3.05, 3.63) is 76.2 Å². The third-order valence-electron chi connectivity index (χ3n) is 3.85. The van der Waals surface area contributed by atoms with E-state index in [9.17, 15) is 14.7 Å². The van der Waals surface area contributed by atoms with Gasteiger partial charge in [-0.05, 0) is 25.1 Å². The van der Waals surface area contributed by atoms with Crippen molar-refractivity contribution < 1.29 is 14.7 Å². The standard InChI is InChI=1S/C19H16N2O3S/c1-13-5-7-14(8-6-13)18(22)21(2)16-9-11-25(17(16)19(23)24)15-4-3-10-20-12-15/h3-12H,1-2H3. The number of hydrogen-bond acceptors (Lipinski definition) is 4. The first-order valence-electron chi connectivity index (χ1n) is 7.60. The maximum Gasteiger partial charge on any atom is 0.258 e. The molecular weight excluding hydrogens is 336 g/mol. The van der Waals surface area contributed by atoms with Crippen molar-refractivity contribution in [3.8, 4) is 4.90 Å². The van der Waals surface area contributed by atoms with Crippen LogP contribution in [0.5, 0.6) is 0 Å². The second-order valence-electron chi connectivity index (χ2n) is 5.56. The normalized spacial score (nSPS) is 11.2. The molecular formula is C19H16N2O3S. The number of thiophene rings is 1. The molecule has 1 unspecified atom stereocenters. The topological polar surface area (TPSA) is 73.3 Å². The minimum atomic E-state index is -1.28. The zero-order valence-electron chi connectivity index (χ0n) is 13.8. The van der Waals surface area contributed by atoms with Gasteiger partial charge in [-0.2, -0.15) is 0 Å². The number of aromatic nitrogens is 1. The summed E-state index contributed by atoms with van der Waals surface area (Å²) in [6.07, 6.45) is 3.25. The maximum atomic E-state index is 12.7. The first-order valence-corrected chi connectivity index (χ1v) is 8.89. The quantitative estimate of drug-likeness (QED) is 0.677. The highest BCUT2D eigenvalue weighted by atomic mass is 32.2. The SMILES string of the molecule is Cc1ccc(C(=O)N(C)c2cc[s+](-c3cccnc3)c2C(=O)[O-])cc1. The highest BCUT2D eigenvalue weighted by Crippen LogP contribution is 2.41. The molecule has 0 aliphatic rings. The van der Waals surface area contributed by atoms with E-state index < -0.39 is 16.4 Å². The summed E-state index contributed by atoms with van der Waals surface area (Å²) in [6.45, 7) is 1.94. The average molecular weight is 352 g/mol. The smallest absolute Gasteiger partial charge is 0.258 e. The molecule has 25 heavy (non-hydrogen) atoms. The average Bonchev–Trinajstić information content (AvgIpc) is 3.07. The van der Waals surface area contributed by atoms with Crippen LogP contribution in [0.3, 0.4) is 0 Å². The molecule has 6 heteroatoms. The molecule has 0 spiro atoms. The fourth-order valence-electron chi connectivity index (χ4n) is 2.52. The third-order valence-corrected chi connectivity index (χ3v) is 5.83. The van der Waals surface area contributed by atoms with E-state index in [4.69, 9.17) is 0 Å². The molecule has 0 aliphatic carbocycles. The van der Waals surface area contributed by atoms with Gasteiger partial charge in [-0.1, -0.05) is 17.7 Å². The van der Waals surface area contributed by atoms with Gasteiger partial charge in [0.15, 0.2) is 4.90 Å². The Balaban J connectivity index is 2.02. The van der Waals surface area contributed by atoms with Crippen molar-refractivity contribution in [1.29, 1.82) is 0 Å². The number of aromatic carboxylic acids is 1. The number of carbonyl (C=O) groups excluding carboxylic acids is 2. The Bertz CT molecular complexity index is 918. The van der Waals surface area contributed by atoms with E-state index in [1.54, 1.807) is 49.1 Å². The summed E-state index contributed by atoms with van der Waals surface area (Å²) in [5, 5.41) is 13.5. The Morgan fingerprint density at radius 1 is 1.12 bits per heavy atom. The first kappa shape index (κ1) is 16.9. The molecule has 2 heterocycles. The molecule has 1 amide bonds. The van der Waals surface area contributed by atoms with E-state index in [1.165, 1.54) is 4.90 Å². The highest BCUT2D eigenvalue weighted by molar-refractivity contribution is 7.40. The number of aryl methyl sites for hydroxylation is 1. The lowest BCUT2D eigenvalue weighted by Gasteiger charge is -2.16. The van der Waals surface area contributed by atoms with Crippen molar-refractivity contribution in [2.75, 3.05) is 11.9 Å². The molecule has 0 bridgehead atoms. The second kappa shape index (κ2) is 6.86. The molecule has 0 radical (unpaired) electrons. The van der Waals surface area contributed by atoms with Gasteiger partial charge in [-0.3, -0.25) is 9.78 Å². The van der Waals surface area contributed by atoms with Crippen molar-refractivity contribution in [2.24, 2.45) is 0 Å². The molecule has 0 aliphatic heterocycles. The summed E-state index contributed by atoms with van der Waals surface area (Å²) in [5.74, 6) is -1.55. The van der Waals surface area contributed by atoms with Crippen molar-refractivity contribution >= 4 is 28.0 Å². The number of amides is 1. The van der Waals surface area contributed by atoms with Crippen LogP contribution in [0.4, 0.5) is 5.69 Å². The monoisotopic (exact) mass is 352 g/mol. The lowest BCUT2D eigenvalue weighted by atomic mass is 10.1. The fraction of sp³-hybridized carbons (Fsp3) is 0.105. The Morgan fingerprint density at radius 3 is 2.44 bits per heavy atom. The third kappa shape index (κ3) is 3.29. The molecule has 1 atom stereocenters. The lowest BCUT2D eigenvalue weighted by molar-refractivity contribution is -0.254. The van der Waals surface area contributed by atoms with Crippen LogP contribution in [0, 0.1) is 6.92 Å². The molecule has 3 rings (SSSR count). The van der Waals surface area contributed by atoms with E-state index >= 15 is 0 Å². The van der Waals surface area contributed by atoms with E-state index in [1.807, 2.05) is 25.1 Å². The van der Waals surface area contributed by atoms with E-state index in [0.717, 1.165) is 10.5 Å². The molecule has 0 fully saturated rings. The molecule has 5 nitrogen and oxygen atoms in total. The summed E-state index contributed by atoms with van der Waals surface area (Å²) in [4.78, 5) is 30.7. The summed E-state index contributed by atoms with van der Waals surface area (Å²) in [5.41, 5.74) is 1.89. The van der Waals surface area contributed by atoms with Crippen LogP contribution in [-0.2, 0) is 0 Å². The van der Waals surface area contributed by atoms with Crippen molar-refractivity contribution in [1.82, 2.24) is 4.98 Å². The number of pyridine rings is 1. The highest BCUT2D eigenvalue weighted by Gasteiger charge is 2.28. The van der Waals surface area contributed by atoms with Crippen LogP contribution in [-0.4, -0.2) is 23.9 Å². The summed E-state index contributed by atoms with van der Waals surface area (Å²) >= 11 is 0. The zero-order chi connectivity index (χ0) is 18.0. The summed E-state index contributed by atoms with van der Waals surface area (Å²) in [7, 11) is 0.765. The number of nitrogens with zero attached hydrogens (tertiary/aromatic N) is 2. The molecule has 0 saturated heterocycles. The maximum absolute atomic E-state index is 12.7. The van der Waals surface area contributed by atoms with Gasteiger partial charge < -0.3 is 14.8 Å². The molecule has 3 aromatic rings.